The van der Waals surface area contributed by atoms with E-state index in [-0.39, 0.29) is 6.54 Å². The molecule has 2 N–H and O–H groups in total. The van der Waals surface area contributed by atoms with Gasteiger partial charge in [-0.2, -0.15) is 13.1 Å². The highest BCUT2D eigenvalue weighted by Crippen LogP contribution is 2.37. The first-order valence-electron chi connectivity index (χ1n) is 8.30. The number of fused-ring (bicyclic) bond motifs is 1. The molecule has 2 aromatic rings. The van der Waals surface area contributed by atoms with Gasteiger partial charge >= 0.3 is 0 Å². The van der Waals surface area contributed by atoms with Crippen molar-refractivity contribution >= 4 is 27.5 Å². The van der Waals surface area contributed by atoms with Gasteiger partial charge in [0.25, 0.3) is 10.2 Å². The van der Waals surface area contributed by atoms with Crippen molar-refractivity contribution in [2.24, 2.45) is 0 Å². The van der Waals surface area contributed by atoms with E-state index in [9.17, 15) is 8.42 Å². The van der Waals surface area contributed by atoms with E-state index in [2.05, 4.69) is 21.6 Å². The summed E-state index contributed by atoms with van der Waals surface area (Å²) < 4.78 is 34.2. The van der Waals surface area contributed by atoms with Crippen molar-refractivity contribution in [1.29, 1.82) is 0 Å². The van der Waals surface area contributed by atoms with Crippen LogP contribution in [-0.4, -0.2) is 21.6 Å². The van der Waals surface area contributed by atoms with Crippen molar-refractivity contribution in [2.75, 3.05) is 17.9 Å². The summed E-state index contributed by atoms with van der Waals surface area (Å²) in [4.78, 5) is 0. The molecule has 132 valence electrons. The molecule has 7 heteroatoms. The number of anilines is 1. The van der Waals surface area contributed by atoms with Crippen molar-refractivity contribution in [3.8, 4) is 11.1 Å². The monoisotopic (exact) mass is 378 g/mol. The summed E-state index contributed by atoms with van der Waals surface area (Å²) in [6.45, 7) is 1.85. The number of benzene rings is 2. The summed E-state index contributed by atoms with van der Waals surface area (Å²) in [5, 5.41) is 0.588. The number of hydrogen-bond acceptors (Lipinski definition) is 3. The fourth-order valence-electron chi connectivity index (χ4n) is 3.46. The lowest BCUT2D eigenvalue weighted by Crippen LogP contribution is -2.34. The average molecular weight is 379 g/mol. The Bertz CT molecular complexity index is 891. The van der Waals surface area contributed by atoms with E-state index >= 15 is 0 Å². The Balaban J connectivity index is 1.71. The van der Waals surface area contributed by atoms with Gasteiger partial charge < -0.3 is 4.74 Å². The molecule has 0 radical (unpaired) electrons. The zero-order valence-corrected chi connectivity index (χ0v) is 15.2. The second kappa shape index (κ2) is 6.61. The molecule has 2 aromatic carbocycles. The molecule has 2 heterocycles. The van der Waals surface area contributed by atoms with E-state index in [1.54, 1.807) is 12.1 Å². The van der Waals surface area contributed by atoms with Crippen LogP contribution in [-0.2, 0) is 21.5 Å². The maximum absolute atomic E-state index is 11.9. The van der Waals surface area contributed by atoms with Crippen LogP contribution < -0.4 is 9.44 Å². The summed E-state index contributed by atoms with van der Waals surface area (Å²) >= 11 is 6.24. The first-order chi connectivity index (χ1) is 12.0. The minimum Gasteiger partial charge on any atom is -0.381 e. The Morgan fingerprint density at radius 2 is 1.80 bits per heavy atom. The van der Waals surface area contributed by atoms with Crippen LogP contribution in [0.15, 0.2) is 36.4 Å². The normalized spacial score (nSPS) is 19.9. The molecular formula is C18H19ClN2O3S. The molecule has 0 saturated carbocycles. The van der Waals surface area contributed by atoms with Gasteiger partial charge in [0.2, 0.25) is 0 Å². The molecular weight excluding hydrogens is 360 g/mol. The van der Waals surface area contributed by atoms with Gasteiger partial charge in [0, 0.05) is 30.3 Å². The first kappa shape index (κ1) is 16.8. The van der Waals surface area contributed by atoms with Crippen LogP contribution in [0.4, 0.5) is 5.69 Å². The first-order valence-corrected chi connectivity index (χ1v) is 10.2. The van der Waals surface area contributed by atoms with Crippen molar-refractivity contribution in [3.63, 3.8) is 0 Å². The highest BCUT2D eigenvalue weighted by molar-refractivity contribution is 7.90. The molecule has 5 nitrogen and oxygen atoms in total. The Hall–Kier alpha value is -1.60. The molecule has 0 atom stereocenters. The Morgan fingerprint density at radius 3 is 2.52 bits per heavy atom. The van der Waals surface area contributed by atoms with Crippen molar-refractivity contribution in [1.82, 2.24) is 4.72 Å². The van der Waals surface area contributed by atoms with Gasteiger partial charge in [0.15, 0.2) is 0 Å². The molecule has 0 unspecified atom stereocenters. The van der Waals surface area contributed by atoms with Crippen LogP contribution in [0.25, 0.3) is 11.1 Å². The van der Waals surface area contributed by atoms with Crippen LogP contribution in [0.3, 0.4) is 0 Å². The highest BCUT2D eigenvalue weighted by Gasteiger charge is 2.23. The number of rotatable bonds is 2. The van der Waals surface area contributed by atoms with E-state index in [1.807, 2.05) is 12.1 Å². The van der Waals surface area contributed by atoms with E-state index in [4.69, 9.17) is 16.3 Å². The summed E-state index contributed by atoms with van der Waals surface area (Å²) in [7, 11) is -3.52. The third-order valence-corrected chi connectivity index (χ3v) is 6.00. The van der Waals surface area contributed by atoms with Crippen LogP contribution in [0.5, 0.6) is 0 Å². The second-order valence-corrected chi connectivity index (χ2v) is 8.36. The van der Waals surface area contributed by atoms with Gasteiger partial charge in [-0.3, -0.25) is 4.72 Å². The molecule has 2 aliphatic heterocycles. The maximum Gasteiger partial charge on any atom is 0.299 e. The average Bonchev–Trinajstić information content (AvgIpc) is 2.62. The lowest BCUT2D eigenvalue weighted by atomic mass is 9.90. The van der Waals surface area contributed by atoms with Gasteiger partial charge in [0.1, 0.15) is 0 Å². The summed E-state index contributed by atoms with van der Waals surface area (Å²) in [6, 6.07) is 11.9. The topological polar surface area (TPSA) is 67.4 Å². The van der Waals surface area contributed by atoms with Crippen molar-refractivity contribution in [3.05, 3.63) is 52.5 Å². The molecule has 0 aromatic heterocycles. The zero-order chi connectivity index (χ0) is 17.4. The van der Waals surface area contributed by atoms with Crippen LogP contribution >= 0.6 is 11.6 Å². The number of halogens is 1. The third kappa shape index (κ3) is 3.53. The molecule has 25 heavy (non-hydrogen) atoms. The van der Waals surface area contributed by atoms with Crippen LogP contribution in [0.1, 0.15) is 29.9 Å². The van der Waals surface area contributed by atoms with Gasteiger partial charge in [0.05, 0.1) is 5.69 Å². The largest absolute Gasteiger partial charge is 0.381 e. The predicted octanol–water partition coefficient (Wildman–Crippen LogP) is 3.66. The molecule has 0 spiro atoms. The number of hydrogen-bond donors (Lipinski definition) is 2. The van der Waals surface area contributed by atoms with Gasteiger partial charge in [-0.25, -0.2) is 0 Å². The smallest absolute Gasteiger partial charge is 0.299 e. The fraction of sp³-hybridized carbons (Fsp3) is 0.333. The van der Waals surface area contributed by atoms with Gasteiger partial charge in [-0.05, 0) is 47.6 Å². The summed E-state index contributed by atoms with van der Waals surface area (Å²) in [5.41, 5.74) is 4.48. The molecule has 1 saturated heterocycles. The standard InChI is InChI=1S/C18H19ClN2O3S/c19-16-9-15-11-20-25(22,23)21-18(15)17(10-16)14-3-1-12(2-4-14)13-5-7-24-8-6-13/h1-4,9-10,13,20-21H,5-8,11H2. The lowest BCUT2D eigenvalue weighted by Gasteiger charge is -2.24. The third-order valence-electron chi connectivity index (χ3n) is 4.79. The van der Waals surface area contributed by atoms with Crippen LogP contribution in [0, 0.1) is 0 Å². The molecule has 4 rings (SSSR count). The van der Waals surface area contributed by atoms with Crippen molar-refractivity contribution in [2.45, 2.75) is 25.3 Å². The Morgan fingerprint density at radius 1 is 1.08 bits per heavy atom. The van der Waals surface area contributed by atoms with E-state index in [0.717, 1.165) is 42.7 Å². The summed E-state index contributed by atoms with van der Waals surface area (Å²) in [5.74, 6) is 0.527. The fourth-order valence-corrected chi connectivity index (χ4v) is 4.63. The molecule has 0 amide bonds. The Kier molecular flexibility index (Phi) is 4.45. The molecule has 0 aliphatic carbocycles. The van der Waals surface area contributed by atoms with Crippen LogP contribution in [0.2, 0.25) is 5.02 Å². The minimum absolute atomic E-state index is 0.235. The Labute approximate surface area is 152 Å². The lowest BCUT2D eigenvalue weighted by molar-refractivity contribution is 0.0853. The SMILES string of the molecule is O=S1(=O)NCc2cc(Cl)cc(-c3ccc(C4CCOCC4)cc3)c2N1. The van der Waals surface area contributed by atoms with Gasteiger partial charge in [-0.1, -0.05) is 35.9 Å². The van der Waals surface area contributed by atoms with E-state index in [1.165, 1.54) is 5.56 Å². The maximum atomic E-state index is 11.9. The summed E-state index contributed by atoms with van der Waals surface area (Å²) in [6.07, 6.45) is 2.08. The van der Waals surface area contributed by atoms with Gasteiger partial charge in [-0.15, -0.1) is 0 Å². The number of nitrogens with one attached hydrogen (secondary N) is 2. The highest BCUT2D eigenvalue weighted by atomic mass is 35.5. The molecule has 0 bridgehead atoms. The molecule has 2 aliphatic rings. The van der Waals surface area contributed by atoms with Crippen molar-refractivity contribution < 1.29 is 13.2 Å². The van der Waals surface area contributed by atoms with E-state index < -0.39 is 10.2 Å². The van der Waals surface area contributed by atoms with E-state index in [0.29, 0.717) is 16.6 Å². The minimum atomic E-state index is -3.52. The zero-order valence-electron chi connectivity index (χ0n) is 13.6. The number of ether oxygens (including phenoxy) is 1. The predicted molar refractivity (Wildman–Crippen MR) is 99.1 cm³/mol. The molecule has 1 fully saturated rings. The quantitative estimate of drug-likeness (QED) is 0.838. The second-order valence-electron chi connectivity index (χ2n) is 6.42.